The van der Waals surface area contributed by atoms with Crippen molar-refractivity contribution in [1.29, 1.82) is 0 Å². The van der Waals surface area contributed by atoms with E-state index >= 15 is 0 Å². The fourth-order valence-electron chi connectivity index (χ4n) is 2.28. The second-order valence-electron chi connectivity index (χ2n) is 4.35. The van der Waals surface area contributed by atoms with Gasteiger partial charge in [0.2, 0.25) is 0 Å². The van der Waals surface area contributed by atoms with Crippen LogP contribution in [0.25, 0.3) is 0 Å². The topological polar surface area (TPSA) is 39.1 Å². The molecule has 0 spiro atoms. The summed E-state index contributed by atoms with van der Waals surface area (Å²) in [6.07, 6.45) is 5.34. The summed E-state index contributed by atoms with van der Waals surface area (Å²) in [4.78, 5) is 0. The van der Waals surface area contributed by atoms with E-state index < -0.39 is 0 Å². The Balaban J connectivity index is 2.07. The number of ether oxygens (including phenoxy) is 1. The van der Waals surface area contributed by atoms with Crippen molar-refractivity contribution >= 4 is 0 Å². The Hall–Kier alpha value is -0.870. The lowest BCUT2D eigenvalue weighted by Crippen LogP contribution is -2.34. The lowest BCUT2D eigenvalue weighted by Gasteiger charge is -2.29. The highest BCUT2D eigenvalue weighted by Crippen LogP contribution is 2.27. The van der Waals surface area contributed by atoms with E-state index in [1.807, 2.05) is 13.2 Å². The zero-order valence-corrected chi connectivity index (χ0v) is 10.1. The van der Waals surface area contributed by atoms with Gasteiger partial charge < -0.3 is 10.1 Å². The minimum atomic E-state index is 0.209. The summed E-state index contributed by atoms with van der Waals surface area (Å²) in [6.45, 7) is 3.99. The van der Waals surface area contributed by atoms with E-state index in [1.54, 1.807) is 0 Å². The van der Waals surface area contributed by atoms with Gasteiger partial charge in [0.05, 0.1) is 5.69 Å². The average Bonchev–Trinajstić information content (AvgIpc) is 2.78. The molecule has 1 aliphatic rings. The molecule has 2 heterocycles. The van der Waals surface area contributed by atoms with E-state index in [9.17, 15) is 0 Å². The fraction of sp³-hybridized carbons (Fsp3) is 0.750. The molecule has 4 heteroatoms. The molecule has 0 aromatic carbocycles. The number of hydrogen-bond donors (Lipinski definition) is 1. The van der Waals surface area contributed by atoms with Gasteiger partial charge in [-0.3, -0.25) is 4.68 Å². The third kappa shape index (κ3) is 2.44. The first-order chi connectivity index (χ1) is 7.85. The van der Waals surface area contributed by atoms with Crippen molar-refractivity contribution in [3.8, 4) is 0 Å². The van der Waals surface area contributed by atoms with Crippen molar-refractivity contribution in [3.63, 3.8) is 0 Å². The van der Waals surface area contributed by atoms with Gasteiger partial charge in [-0.2, -0.15) is 5.10 Å². The Kier molecular flexibility index (Phi) is 3.96. The van der Waals surface area contributed by atoms with Crippen molar-refractivity contribution in [2.45, 2.75) is 44.9 Å². The van der Waals surface area contributed by atoms with Crippen molar-refractivity contribution in [2.75, 3.05) is 13.7 Å². The van der Waals surface area contributed by atoms with E-state index in [0.29, 0.717) is 6.04 Å². The van der Waals surface area contributed by atoms with E-state index in [0.717, 1.165) is 32.4 Å². The van der Waals surface area contributed by atoms with Crippen molar-refractivity contribution in [2.24, 2.45) is 0 Å². The van der Waals surface area contributed by atoms with Gasteiger partial charge in [0.15, 0.2) is 0 Å². The zero-order chi connectivity index (χ0) is 11.4. The van der Waals surface area contributed by atoms with Gasteiger partial charge in [-0.25, -0.2) is 0 Å². The molecule has 0 amide bonds. The van der Waals surface area contributed by atoms with Crippen LogP contribution in [0.4, 0.5) is 0 Å². The molecule has 0 radical (unpaired) electrons. The van der Waals surface area contributed by atoms with Crippen LogP contribution in [0, 0.1) is 0 Å². The lowest BCUT2D eigenvalue weighted by atomic mass is 10.0. The number of hydrogen-bond acceptors (Lipinski definition) is 3. The van der Waals surface area contributed by atoms with E-state index in [4.69, 9.17) is 4.74 Å². The van der Waals surface area contributed by atoms with Crippen LogP contribution in [-0.4, -0.2) is 29.5 Å². The predicted octanol–water partition coefficient (Wildman–Crippen LogP) is 1.73. The summed E-state index contributed by atoms with van der Waals surface area (Å²) in [5.74, 6) is 0. The first-order valence-electron chi connectivity index (χ1n) is 6.15. The van der Waals surface area contributed by atoms with Crippen LogP contribution in [0.3, 0.4) is 0 Å². The minimum Gasteiger partial charge on any atom is -0.372 e. The second kappa shape index (κ2) is 5.46. The highest BCUT2D eigenvalue weighted by molar-refractivity contribution is 5.06. The molecule has 90 valence electrons. The Morgan fingerprint density at radius 2 is 2.50 bits per heavy atom. The SMILES string of the molecule is CCCn1nccc1C1CC(NC)CCO1. The van der Waals surface area contributed by atoms with Crippen LogP contribution >= 0.6 is 0 Å². The van der Waals surface area contributed by atoms with Crippen molar-refractivity contribution in [3.05, 3.63) is 18.0 Å². The molecule has 1 fully saturated rings. The molecule has 1 aromatic heterocycles. The molecule has 0 aliphatic carbocycles. The predicted molar refractivity (Wildman–Crippen MR) is 63.3 cm³/mol. The van der Waals surface area contributed by atoms with Crippen LogP contribution in [-0.2, 0) is 11.3 Å². The quantitative estimate of drug-likeness (QED) is 0.845. The summed E-state index contributed by atoms with van der Waals surface area (Å²) in [7, 11) is 2.02. The first-order valence-corrected chi connectivity index (χ1v) is 6.15. The Labute approximate surface area is 97.0 Å². The molecule has 4 nitrogen and oxygen atoms in total. The summed E-state index contributed by atoms with van der Waals surface area (Å²) in [6, 6.07) is 2.65. The molecule has 16 heavy (non-hydrogen) atoms. The molecule has 1 aliphatic heterocycles. The summed E-state index contributed by atoms with van der Waals surface area (Å²) < 4.78 is 7.91. The van der Waals surface area contributed by atoms with Gasteiger partial charge in [-0.05, 0) is 32.4 Å². The third-order valence-corrected chi connectivity index (χ3v) is 3.21. The monoisotopic (exact) mass is 223 g/mol. The number of aromatic nitrogens is 2. The van der Waals surface area contributed by atoms with Gasteiger partial charge in [-0.1, -0.05) is 6.92 Å². The van der Waals surface area contributed by atoms with Crippen LogP contribution in [0.2, 0.25) is 0 Å². The number of nitrogens with zero attached hydrogens (tertiary/aromatic N) is 2. The van der Waals surface area contributed by atoms with Crippen LogP contribution < -0.4 is 5.32 Å². The highest BCUT2D eigenvalue weighted by atomic mass is 16.5. The molecule has 2 rings (SSSR count). The number of aryl methyl sites for hydroxylation is 1. The van der Waals surface area contributed by atoms with Gasteiger partial charge in [0, 0.05) is 25.4 Å². The molecule has 1 aromatic rings. The maximum atomic E-state index is 5.84. The van der Waals surface area contributed by atoms with E-state index in [-0.39, 0.29) is 6.10 Å². The largest absolute Gasteiger partial charge is 0.372 e. The maximum Gasteiger partial charge on any atom is 0.101 e. The van der Waals surface area contributed by atoms with Crippen molar-refractivity contribution in [1.82, 2.24) is 15.1 Å². The molecule has 2 unspecified atom stereocenters. The van der Waals surface area contributed by atoms with Crippen LogP contribution in [0.15, 0.2) is 12.3 Å². The Bertz CT molecular complexity index is 324. The second-order valence-corrected chi connectivity index (χ2v) is 4.35. The Morgan fingerprint density at radius 1 is 1.62 bits per heavy atom. The van der Waals surface area contributed by atoms with Gasteiger partial charge in [-0.15, -0.1) is 0 Å². The zero-order valence-electron chi connectivity index (χ0n) is 10.1. The highest BCUT2D eigenvalue weighted by Gasteiger charge is 2.25. The van der Waals surface area contributed by atoms with Gasteiger partial charge >= 0.3 is 0 Å². The fourth-order valence-corrected chi connectivity index (χ4v) is 2.28. The number of nitrogens with one attached hydrogen (secondary N) is 1. The lowest BCUT2D eigenvalue weighted by molar-refractivity contribution is -0.00360. The molecular formula is C12H21N3O. The first kappa shape index (κ1) is 11.6. The van der Waals surface area contributed by atoms with Crippen molar-refractivity contribution < 1.29 is 4.74 Å². The van der Waals surface area contributed by atoms with E-state index in [2.05, 4.69) is 28.1 Å². The molecule has 1 N–H and O–H groups in total. The summed E-state index contributed by atoms with van der Waals surface area (Å²) in [5, 5.41) is 7.69. The van der Waals surface area contributed by atoms with Gasteiger partial charge in [0.25, 0.3) is 0 Å². The third-order valence-electron chi connectivity index (χ3n) is 3.21. The number of rotatable bonds is 4. The van der Waals surface area contributed by atoms with E-state index in [1.165, 1.54) is 5.69 Å². The summed E-state index contributed by atoms with van der Waals surface area (Å²) >= 11 is 0. The molecule has 1 saturated heterocycles. The molecular weight excluding hydrogens is 202 g/mol. The minimum absolute atomic E-state index is 0.209. The van der Waals surface area contributed by atoms with Gasteiger partial charge in [0.1, 0.15) is 6.10 Å². The van der Waals surface area contributed by atoms with Crippen LogP contribution in [0.1, 0.15) is 38.0 Å². The molecule has 0 saturated carbocycles. The summed E-state index contributed by atoms with van der Waals surface area (Å²) in [5.41, 5.74) is 1.22. The maximum absolute atomic E-state index is 5.84. The smallest absolute Gasteiger partial charge is 0.101 e. The van der Waals surface area contributed by atoms with Crippen LogP contribution in [0.5, 0.6) is 0 Å². The Morgan fingerprint density at radius 3 is 3.25 bits per heavy atom. The average molecular weight is 223 g/mol. The molecule has 0 bridgehead atoms. The molecule has 2 atom stereocenters. The normalized spacial score (nSPS) is 25.9. The standard InChI is InChI=1S/C12H21N3O/c1-3-7-15-11(4-6-14-15)12-9-10(13-2)5-8-16-12/h4,6,10,12-13H,3,5,7-9H2,1-2H3.